The van der Waals surface area contributed by atoms with E-state index in [0.29, 0.717) is 5.41 Å². The Labute approximate surface area is 96.9 Å². The van der Waals surface area contributed by atoms with Gasteiger partial charge in [-0.05, 0) is 50.1 Å². The van der Waals surface area contributed by atoms with Gasteiger partial charge in [0, 0.05) is 16.8 Å². The van der Waals surface area contributed by atoms with E-state index in [1.54, 1.807) is 4.88 Å². The van der Waals surface area contributed by atoms with Crippen molar-refractivity contribution in [3.63, 3.8) is 0 Å². The van der Waals surface area contributed by atoms with Crippen molar-refractivity contribution in [3.05, 3.63) is 22.4 Å². The normalized spacial score (nSPS) is 31.7. The SMILES string of the molecule is CNCC1(c2cccs2)CCC(C)CC1. The lowest BCUT2D eigenvalue weighted by Gasteiger charge is -2.38. The van der Waals surface area contributed by atoms with Gasteiger partial charge < -0.3 is 5.32 Å². The summed E-state index contributed by atoms with van der Waals surface area (Å²) in [5.41, 5.74) is 0.440. The van der Waals surface area contributed by atoms with Crippen LogP contribution in [0.25, 0.3) is 0 Å². The standard InChI is InChI=1S/C13H21NS/c1-11-5-7-13(8-6-11,10-14-2)12-4-3-9-15-12/h3-4,9,11,14H,5-8,10H2,1-2H3. The first-order chi connectivity index (χ1) is 7.27. The van der Waals surface area contributed by atoms with E-state index in [9.17, 15) is 0 Å². The second-order valence-electron chi connectivity index (χ2n) is 4.97. The number of nitrogens with one attached hydrogen (secondary N) is 1. The molecule has 1 N–H and O–H groups in total. The molecule has 1 fully saturated rings. The summed E-state index contributed by atoms with van der Waals surface area (Å²) in [6.45, 7) is 3.53. The van der Waals surface area contributed by atoms with Crippen molar-refractivity contribution < 1.29 is 0 Å². The van der Waals surface area contributed by atoms with Gasteiger partial charge in [0.15, 0.2) is 0 Å². The molecule has 15 heavy (non-hydrogen) atoms. The molecule has 0 radical (unpaired) electrons. The highest BCUT2D eigenvalue weighted by molar-refractivity contribution is 7.10. The van der Waals surface area contributed by atoms with E-state index in [0.717, 1.165) is 12.5 Å². The topological polar surface area (TPSA) is 12.0 Å². The fourth-order valence-corrected chi connectivity index (χ4v) is 3.73. The number of thiophene rings is 1. The molecule has 0 aromatic carbocycles. The van der Waals surface area contributed by atoms with Gasteiger partial charge in [-0.1, -0.05) is 13.0 Å². The number of likely N-dealkylation sites (N-methyl/N-ethyl adjacent to an activating group) is 1. The Bertz CT molecular complexity index is 283. The second-order valence-corrected chi connectivity index (χ2v) is 5.92. The number of hydrogen-bond donors (Lipinski definition) is 1. The third kappa shape index (κ3) is 2.26. The van der Waals surface area contributed by atoms with Crippen molar-refractivity contribution in [1.29, 1.82) is 0 Å². The molecule has 84 valence electrons. The largest absolute Gasteiger partial charge is 0.319 e. The average Bonchev–Trinajstić information content (AvgIpc) is 2.76. The van der Waals surface area contributed by atoms with Crippen LogP contribution >= 0.6 is 11.3 Å². The molecule has 2 heteroatoms. The van der Waals surface area contributed by atoms with Crippen molar-refractivity contribution in [2.75, 3.05) is 13.6 Å². The zero-order chi connectivity index (χ0) is 10.7. The minimum absolute atomic E-state index is 0.440. The summed E-state index contributed by atoms with van der Waals surface area (Å²) in [6, 6.07) is 4.51. The van der Waals surface area contributed by atoms with Crippen molar-refractivity contribution >= 4 is 11.3 Å². The van der Waals surface area contributed by atoms with E-state index >= 15 is 0 Å². The first kappa shape index (κ1) is 11.2. The van der Waals surface area contributed by atoms with Gasteiger partial charge in [0.05, 0.1) is 0 Å². The zero-order valence-corrected chi connectivity index (χ0v) is 10.6. The summed E-state index contributed by atoms with van der Waals surface area (Å²) in [7, 11) is 2.08. The molecule has 1 aromatic heterocycles. The molecule has 0 atom stereocenters. The smallest absolute Gasteiger partial charge is 0.0172 e. The first-order valence-corrected chi connectivity index (χ1v) is 6.83. The molecular weight excluding hydrogens is 202 g/mol. The van der Waals surface area contributed by atoms with Gasteiger partial charge in [-0.25, -0.2) is 0 Å². The van der Waals surface area contributed by atoms with Gasteiger partial charge in [-0.3, -0.25) is 0 Å². The predicted octanol–water partition coefficient (Wildman–Crippen LogP) is 3.42. The van der Waals surface area contributed by atoms with E-state index in [4.69, 9.17) is 0 Å². The maximum atomic E-state index is 3.39. The fourth-order valence-electron chi connectivity index (χ4n) is 2.74. The van der Waals surface area contributed by atoms with Gasteiger partial charge >= 0.3 is 0 Å². The zero-order valence-electron chi connectivity index (χ0n) is 9.75. The van der Waals surface area contributed by atoms with Crippen LogP contribution in [0, 0.1) is 5.92 Å². The molecule has 1 heterocycles. The predicted molar refractivity (Wildman–Crippen MR) is 67.6 cm³/mol. The van der Waals surface area contributed by atoms with E-state index in [1.807, 2.05) is 11.3 Å². The van der Waals surface area contributed by atoms with Crippen LogP contribution in [0.3, 0.4) is 0 Å². The summed E-state index contributed by atoms with van der Waals surface area (Å²) >= 11 is 1.93. The highest BCUT2D eigenvalue weighted by Gasteiger charge is 2.35. The molecule has 1 aliphatic rings. The molecule has 1 nitrogen and oxygen atoms in total. The van der Waals surface area contributed by atoms with E-state index in [1.165, 1.54) is 25.7 Å². The molecule has 0 spiro atoms. The number of rotatable bonds is 3. The van der Waals surface area contributed by atoms with Crippen LogP contribution in [0.2, 0.25) is 0 Å². The lowest BCUT2D eigenvalue weighted by Crippen LogP contribution is -2.39. The average molecular weight is 223 g/mol. The van der Waals surface area contributed by atoms with Crippen molar-refractivity contribution in [2.24, 2.45) is 5.92 Å². The maximum Gasteiger partial charge on any atom is 0.0172 e. The monoisotopic (exact) mass is 223 g/mol. The van der Waals surface area contributed by atoms with Gasteiger partial charge in [0.1, 0.15) is 0 Å². The summed E-state index contributed by atoms with van der Waals surface area (Å²) < 4.78 is 0. The fraction of sp³-hybridized carbons (Fsp3) is 0.692. The van der Waals surface area contributed by atoms with Crippen molar-refractivity contribution in [3.8, 4) is 0 Å². The highest BCUT2D eigenvalue weighted by atomic mass is 32.1. The molecule has 0 bridgehead atoms. The van der Waals surface area contributed by atoms with Crippen LogP contribution in [0.1, 0.15) is 37.5 Å². The lowest BCUT2D eigenvalue weighted by molar-refractivity contribution is 0.241. The van der Waals surface area contributed by atoms with Crippen LogP contribution in [0.15, 0.2) is 17.5 Å². The summed E-state index contributed by atoms with van der Waals surface area (Å²) in [5, 5.41) is 5.60. The van der Waals surface area contributed by atoms with Crippen LogP contribution in [-0.4, -0.2) is 13.6 Å². The minimum Gasteiger partial charge on any atom is -0.319 e. The molecule has 0 aliphatic heterocycles. The Morgan fingerprint density at radius 2 is 2.20 bits per heavy atom. The molecule has 2 rings (SSSR count). The Kier molecular flexibility index (Phi) is 3.47. The van der Waals surface area contributed by atoms with Crippen LogP contribution in [0.5, 0.6) is 0 Å². The molecule has 1 saturated carbocycles. The molecule has 0 saturated heterocycles. The third-order valence-electron chi connectivity index (χ3n) is 3.79. The third-order valence-corrected chi connectivity index (χ3v) is 4.91. The molecule has 0 unspecified atom stereocenters. The Balaban J connectivity index is 2.18. The minimum atomic E-state index is 0.440. The maximum absolute atomic E-state index is 3.39. The molecular formula is C13H21NS. The van der Waals surface area contributed by atoms with Crippen LogP contribution < -0.4 is 5.32 Å². The Hall–Kier alpha value is -0.340. The Morgan fingerprint density at radius 1 is 1.47 bits per heavy atom. The molecule has 0 amide bonds. The van der Waals surface area contributed by atoms with Gasteiger partial charge in [-0.2, -0.15) is 0 Å². The van der Waals surface area contributed by atoms with E-state index in [-0.39, 0.29) is 0 Å². The van der Waals surface area contributed by atoms with Gasteiger partial charge in [0.2, 0.25) is 0 Å². The quantitative estimate of drug-likeness (QED) is 0.828. The highest BCUT2D eigenvalue weighted by Crippen LogP contribution is 2.42. The summed E-state index contributed by atoms with van der Waals surface area (Å²) in [6.07, 6.45) is 5.49. The van der Waals surface area contributed by atoms with Crippen molar-refractivity contribution in [2.45, 2.75) is 38.0 Å². The molecule has 1 aliphatic carbocycles. The summed E-state index contributed by atoms with van der Waals surface area (Å²) in [4.78, 5) is 1.59. The van der Waals surface area contributed by atoms with Gasteiger partial charge in [0.25, 0.3) is 0 Å². The lowest BCUT2D eigenvalue weighted by atomic mass is 9.70. The first-order valence-electron chi connectivity index (χ1n) is 5.95. The van der Waals surface area contributed by atoms with Gasteiger partial charge in [-0.15, -0.1) is 11.3 Å². The van der Waals surface area contributed by atoms with E-state index < -0.39 is 0 Å². The van der Waals surface area contributed by atoms with Crippen molar-refractivity contribution in [1.82, 2.24) is 5.32 Å². The summed E-state index contributed by atoms with van der Waals surface area (Å²) in [5.74, 6) is 0.926. The molecule has 1 aromatic rings. The van der Waals surface area contributed by atoms with E-state index in [2.05, 4.69) is 36.8 Å². The van der Waals surface area contributed by atoms with Crippen LogP contribution in [-0.2, 0) is 5.41 Å². The second kappa shape index (κ2) is 4.67. The Morgan fingerprint density at radius 3 is 2.73 bits per heavy atom. The number of hydrogen-bond acceptors (Lipinski definition) is 2. The van der Waals surface area contributed by atoms with Crippen LogP contribution in [0.4, 0.5) is 0 Å².